The van der Waals surface area contributed by atoms with Crippen LogP contribution in [0.3, 0.4) is 0 Å². The lowest BCUT2D eigenvalue weighted by atomic mass is 10.1. The predicted octanol–water partition coefficient (Wildman–Crippen LogP) is 4.91. The minimum Gasteiger partial charge on any atom is -0.467 e. The second-order valence-corrected chi connectivity index (χ2v) is 8.66. The van der Waals surface area contributed by atoms with E-state index in [1.54, 1.807) is 22.6 Å². The van der Waals surface area contributed by atoms with Crippen molar-refractivity contribution < 1.29 is 9.21 Å². The highest BCUT2D eigenvalue weighted by Gasteiger charge is 2.35. The SMILES string of the molecule is CN(CC(=O)N1N=C(c2cccs2)CC1c1ccco1)Cc1ccc(Br)cc1. The van der Waals surface area contributed by atoms with Crippen molar-refractivity contribution in [2.24, 2.45) is 5.10 Å². The normalized spacial score (nSPS) is 16.6. The van der Waals surface area contributed by atoms with E-state index < -0.39 is 0 Å². The Labute approximate surface area is 176 Å². The summed E-state index contributed by atoms with van der Waals surface area (Å²) < 4.78 is 6.64. The molecule has 1 aliphatic heterocycles. The van der Waals surface area contributed by atoms with Gasteiger partial charge in [-0.25, -0.2) is 5.01 Å². The molecule has 0 saturated heterocycles. The molecule has 0 bridgehead atoms. The molecule has 28 heavy (non-hydrogen) atoms. The highest BCUT2D eigenvalue weighted by Crippen LogP contribution is 2.34. The van der Waals surface area contributed by atoms with Gasteiger partial charge in [0.2, 0.25) is 0 Å². The van der Waals surface area contributed by atoms with Crippen molar-refractivity contribution in [3.8, 4) is 0 Å². The van der Waals surface area contributed by atoms with Crippen molar-refractivity contribution >= 4 is 38.9 Å². The number of halogens is 1. The van der Waals surface area contributed by atoms with Crippen molar-refractivity contribution in [3.05, 3.63) is 80.8 Å². The van der Waals surface area contributed by atoms with E-state index in [2.05, 4.69) is 33.2 Å². The van der Waals surface area contributed by atoms with E-state index in [9.17, 15) is 4.79 Å². The molecule has 5 nitrogen and oxygen atoms in total. The van der Waals surface area contributed by atoms with Gasteiger partial charge >= 0.3 is 0 Å². The molecule has 1 aromatic carbocycles. The van der Waals surface area contributed by atoms with E-state index in [-0.39, 0.29) is 18.5 Å². The van der Waals surface area contributed by atoms with Crippen LogP contribution in [0.25, 0.3) is 0 Å². The summed E-state index contributed by atoms with van der Waals surface area (Å²) in [5, 5.41) is 8.27. The summed E-state index contributed by atoms with van der Waals surface area (Å²) in [5.74, 6) is 0.729. The van der Waals surface area contributed by atoms with Gasteiger partial charge in [0.05, 0.1) is 23.4 Å². The van der Waals surface area contributed by atoms with Crippen LogP contribution < -0.4 is 0 Å². The molecule has 1 amide bonds. The number of hydrogen-bond donors (Lipinski definition) is 0. The van der Waals surface area contributed by atoms with Crippen molar-refractivity contribution in [1.82, 2.24) is 9.91 Å². The highest BCUT2D eigenvalue weighted by molar-refractivity contribution is 9.10. The minimum atomic E-state index is -0.194. The predicted molar refractivity (Wildman–Crippen MR) is 114 cm³/mol. The first-order valence-corrected chi connectivity index (χ1v) is 10.7. The second-order valence-electron chi connectivity index (χ2n) is 6.80. The summed E-state index contributed by atoms with van der Waals surface area (Å²) in [4.78, 5) is 16.1. The quantitative estimate of drug-likeness (QED) is 0.527. The van der Waals surface area contributed by atoms with E-state index in [4.69, 9.17) is 4.42 Å². The number of amides is 1. The standard InChI is InChI=1S/C21H20BrN3O2S/c1-24(13-15-6-8-16(22)9-7-15)14-21(26)25-18(19-4-2-10-27-19)12-17(23-25)20-5-3-11-28-20/h2-11,18H,12-14H2,1H3. The average molecular weight is 458 g/mol. The number of furan rings is 1. The van der Waals surface area contributed by atoms with Crippen molar-refractivity contribution in [2.45, 2.75) is 19.0 Å². The lowest BCUT2D eigenvalue weighted by Crippen LogP contribution is -2.36. The van der Waals surface area contributed by atoms with Crippen LogP contribution in [0.15, 0.2) is 74.2 Å². The molecule has 0 aliphatic carbocycles. The molecule has 7 heteroatoms. The number of benzene rings is 1. The zero-order valence-corrected chi connectivity index (χ0v) is 17.8. The monoisotopic (exact) mass is 457 g/mol. The molecule has 144 valence electrons. The van der Waals surface area contributed by atoms with Gasteiger partial charge in [0.15, 0.2) is 0 Å². The molecule has 0 radical (unpaired) electrons. The Balaban J connectivity index is 1.49. The molecule has 3 heterocycles. The third-order valence-electron chi connectivity index (χ3n) is 4.61. The summed E-state index contributed by atoms with van der Waals surface area (Å²) in [5.41, 5.74) is 2.09. The van der Waals surface area contributed by atoms with Gasteiger partial charge in [-0.15, -0.1) is 11.3 Å². The molecule has 0 spiro atoms. The first kappa shape index (κ1) is 19.1. The van der Waals surface area contributed by atoms with Gasteiger partial charge in [-0.2, -0.15) is 5.10 Å². The molecule has 3 aromatic rings. The highest BCUT2D eigenvalue weighted by atomic mass is 79.9. The van der Waals surface area contributed by atoms with Crippen LogP contribution in [0.1, 0.15) is 28.7 Å². The van der Waals surface area contributed by atoms with Crippen LogP contribution in [0, 0.1) is 0 Å². The first-order valence-electron chi connectivity index (χ1n) is 9.00. The summed E-state index contributed by atoms with van der Waals surface area (Å²) >= 11 is 5.08. The fourth-order valence-electron chi connectivity index (χ4n) is 3.30. The van der Waals surface area contributed by atoms with E-state index >= 15 is 0 Å². The van der Waals surface area contributed by atoms with Crippen LogP contribution >= 0.6 is 27.3 Å². The van der Waals surface area contributed by atoms with Crippen molar-refractivity contribution in [1.29, 1.82) is 0 Å². The number of carbonyl (C=O) groups excluding carboxylic acids is 1. The Bertz CT molecular complexity index is 952. The molecular formula is C21H20BrN3O2S. The van der Waals surface area contributed by atoms with Crippen LogP contribution in [0.4, 0.5) is 0 Å². The molecule has 0 N–H and O–H groups in total. The number of nitrogens with zero attached hydrogens (tertiary/aromatic N) is 3. The molecule has 0 saturated carbocycles. The Morgan fingerprint density at radius 2 is 2.11 bits per heavy atom. The third-order valence-corrected chi connectivity index (χ3v) is 6.06. The molecule has 1 aliphatic rings. The topological polar surface area (TPSA) is 49.1 Å². The van der Waals surface area contributed by atoms with E-state index in [1.807, 2.05) is 53.7 Å². The van der Waals surface area contributed by atoms with Crippen molar-refractivity contribution in [3.63, 3.8) is 0 Å². The maximum atomic E-state index is 13.1. The average Bonchev–Trinajstić information content (AvgIpc) is 3.43. The molecule has 1 unspecified atom stereocenters. The van der Waals surface area contributed by atoms with E-state index in [0.29, 0.717) is 13.0 Å². The van der Waals surface area contributed by atoms with E-state index in [0.717, 1.165) is 26.4 Å². The van der Waals surface area contributed by atoms with Crippen LogP contribution in [0.2, 0.25) is 0 Å². The molecule has 1 atom stereocenters. The minimum absolute atomic E-state index is 0.0347. The zero-order chi connectivity index (χ0) is 19.5. The molecular weight excluding hydrogens is 438 g/mol. The van der Waals surface area contributed by atoms with E-state index in [1.165, 1.54) is 0 Å². The van der Waals surface area contributed by atoms with Gasteiger partial charge in [0, 0.05) is 17.4 Å². The maximum absolute atomic E-state index is 13.1. The number of thiophene rings is 1. The fourth-order valence-corrected chi connectivity index (χ4v) is 4.28. The third kappa shape index (κ3) is 4.27. The van der Waals surface area contributed by atoms with Gasteiger partial charge in [0.25, 0.3) is 5.91 Å². The smallest absolute Gasteiger partial charge is 0.257 e. The number of rotatable bonds is 6. The Kier molecular flexibility index (Phi) is 5.75. The lowest BCUT2D eigenvalue weighted by Gasteiger charge is -2.23. The van der Waals surface area contributed by atoms with Crippen molar-refractivity contribution in [2.75, 3.05) is 13.6 Å². The number of carbonyl (C=O) groups is 1. The van der Waals surface area contributed by atoms with Crippen LogP contribution in [-0.4, -0.2) is 35.1 Å². The maximum Gasteiger partial charge on any atom is 0.257 e. The fraction of sp³-hybridized carbons (Fsp3) is 0.238. The largest absolute Gasteiger partial charge is 0.467 e. The second kappa shape index (κ2) is 8.43. The Hall–Kier alpha value is -2.22. The van der Waals surface area contributed by atoms with Gasteiger partial charge in [-0.1, -0.05) is 34.1 Å². The molecule has 2 aromatic heterocycles. The summed E-state index contributed by atoms with van der Waals surface area (Å²) in [6.45, 7) is 0.980. The molecule has 4 rings (SSSR count). The van der Waals surface area contributed by atoms with Gasteiger partial charge in [-0.3, -0.25) is 9.69 Å². The summed E-state index contributed by atoms with van der Waals surface area (Å²) in [6, 6.07) is 15.7. The number of hydrogen-bond acceptors (Lipinski definition) is 5. The molecule has 0 fully saturated rings. The summed E-state index contributed by atoms with van der Waals surface area (Å²) in [7, 11) is 1.95. The van der Waals surface area contributed by atoms with Gasteiger partial charge < -0.3 is 4.42 Å². The Morgan fingerprint density at radius 1 is 1.29 bits per heavy atom. The van der Waals surface area contributed by atoms with Crippen LogP contribution in [-0.2, 0) is 11.3 Å². The summed E-state index contributed by atoms with van der Waals surface area (Å²) in [6.07, 6.45) is 2.30. The lowest BCUT2D eigenvalue weighted by molar-refractivity contribution is -0.134. The van der Waals surface area contributed by atoms with Gasteiger partial charge in [0.1, 0.15) is 11.8 Å². The van der Waals surface area contributed by atoms with Gasteiger partial charge in [-0.05, 0) is 48.3 Å². The Morgan fingerprint density at radius 3 is 2.79 bits per heavy atom. The number of likely N-dealkylation sites (N-methyl/N-ethyl adjacent to an activating group) is 1. The first-order chi connectivity index (χ1) is 13.6. The zero-order valence-electron chi connectivity index (χ0n) is 15.4. The van der Waals surface area contributed by atoms with Crippen LogP contribution in [0.5, 0.6) is 0 Å². The number of hydrazone groups is 1.